The number of carboxylic acids is 1. The zero-order valence-corrected chi connectivity index (χ0v) is 9.80. The average molecular weight is 249 g/mol. The van der Waals surface area contributed by atoms with Gasteiger partial charge < -0.3 is 20.5 Å². The van der Waals surface area contributed by atoms with Gasteiger partial charge in [0.15, 0.2) is 0 Å². The fourth-order valence-electron chi connectivity index (χ4n) is 1.31. The van der Waals surface area contributed by atoms with Gasteiger partial charge in [0, 0.05) is 12.6 Å². The summed E-state index contributed by atoms with van der Waals surface area (Å²) in [5.74, 6) is -2.55. The van der Waals surface area contributed by atoms with Crippen LogP contribution in [-0.2, 0) is 9.59 Å². The summed E-state index contributed by atoms with van der Waals surface area (Å²) < 4.78 is 0. The lowest BCUT2D eigenvalue weighted by Gasteiger charge is -2.18. The van der Waals surface area contributed by atoms with E-state index in [2.05, 4.69) is 10.6 Å². The molecule has 0 unspecified atom stereocenters. The second-order valence-corrected chi connectivity index (χ2v) is 3.59. The van der Waals surface area contributed by atoms with Crippen LogP contribution in [0.5, 0.6) is 0 Å². The Kier molecular flexibility index (Phi) is 4.86. The molecule has 0 radical (unpaired) electrons. The minimum Gasteiger partial charge on any atom is -0.548 e. The van der Waals surface area contributed by atoms with Crippen LogP contribution in [0.3, 0.4) is 0 Å². The van der Waals surface area contributed by atoms with E-state index in [0.717, 1.165) is 0 Å². The van der Waals surface area contributed by atoms with Crippen molar-refractivity contribution < 1.29 is 19.5 Å². The molecular weight excluding hydrogens is 236 g/mol. The molecule has 0 heterocycles. The first kappa shape index (κ1) is 13.7. The first-order chi connectivity index (χ1) is 8.54. The molecule has 96 valence electrons. The molecule has 0 aliphatic rings. The van der Waals surface area contributed by atoms with Crippen molar-refractivity contribution in [1.29, 1.82) is 0 Å². The van der Waals surface area contributed by atoms with Gasteiger partial charge in [0.05, 0.1) is 18.4 Å². The van der Waals surface area contributed by atoms with Gasteiger partial charge in [-0.2, -0.15) is 0 Å². The van der Waals surface area contributed by atoms with Crippen LogP contribution in [0.15, 0.2) is 30.3 Å². The van der Waals surface area contributed by atoms with Gasteiger partial charge in [-0.1, -0.05) is 18.2 Å². The van der Waals surface area contributed by atoms with Crippen molar-refractivity contribution in [2.45, 2.75) is 12.5 Å². The van der Waals surface area contributed by atoms with E-state index in [0.29, 0.717) is 5.56 Å². The van der Waals surface area contributed by atoms with Crippen LogP contribution in [0.1, 0.15) is 16.8 Å². The van der Waals surface area contributed by atoms with E-state index in [-0.39, 0.29) is 6.42 Å². The number of aliphatic carboxylic acids is 1. The number of carbonyl (C=O) groups excluding carboxylic acids is 3. The smallest absolute Gasteiger partial charge is 0.251 e. The van der Waals surface area contributed by atoms with Gasteiger partial charge in [0.2, 0.25) is 5.91 Å². The van der Waals surface area contributed by atoms with Crippen molar-refractivity contribution in [2.75, 3.05) is 7.05 Å². The molecule has 2 amide bonds. The van der Waals surface area contributed by atoms with Crippen LogP contribution < -0.4 is 15.7 Å². The van der Waals surface area contributed by atoms with E-state index in [1.165, 1.54) is 7.05 Å². The molecule has 0 bridgehead atoms. The minimum absolute atomic E-state index is 0.320. The van der Waals surface area contributed by atoms with Crippen LogP contribution >= 0.6 is 0 Å². The van der Waals surface area contributed by atoms with E-state index < -0.39 is 23.8 Å². The van der Waals surface area contributed by atoms with Crippen molar-refractivity contribution in [2.24, 2.45) is 0 Å². The molecule has 6 nitrogen and oxygen atoms in total. The Morgan fingerprint density at radius 2 is 1.83 bits per heavy atom. The van der Waals surface area contributed by atoms with Crippen molar-refractivity contribution in [3.05, 3.63) is 35.9 Å². The molecule has 0 aromatic heterocycles. The Balaban J connectivity index is 2.70. The van der Waals surface area contributed by atoms with Gasteiger partial charge in [-0.3, -0.25) is 9.59 Å². The Morgan fingerprint density at radius 3 is 2.33 bits per heavy atom. The van der Waals surface area contributed by atoms with Crippen LogP contribution in [0, 0.1) is 0 Å². The predicted octanol–water partition coefficient (Wildman–Crippen LogP) is -1.33. The highest BCUT2D eigenvalue weighted by Crippen LogP contribution is 2.00. The van der Waals surface area contributed by atoms with Crippen LogP contribution in [0.2, 0.25) is 0 Å². The third-order valence-electron chi connectivity index (χ3n) is 2.29. The number of hydrogen-bond acceptors (Lipinski definition) is 4. The summed E-state index contributed by atoms with van der Waals surface area (Å²) in [6, 6.07) is 6.78. The molecule has 0 aliphatic heterocycles. The molecule has 0 saturated carbocycles. The fraction of sp³-hybridized carbons (Fsp3) is 0.250. The lowest BCUT2D eigenvalue weighted by Crippen LogP contribution is -2.49. The Hall–Kier alpha value is -2.37. The molecule has 1 aromatic carbocycles. The maximum absolute atomic E-state index is 11.7. The van der Waals surface area contributed by atoms with Crippen LogP contribution in [0.25, 0.3) is 0 Å². The fourth-order valence-corrected chi connectivity index (χ4v) is 1.31. The SMILES string of the molecule is CNC(=O)C[C@@H](NC(=O)c1ccccc1)C(=O)[O-]. The van der Waals surface area contributed by atoms with Gasteiger partial charge in [0.1, 0.15) is 0 Å². The predicted molar refractivity (Wildman–Crippen MR) is 61.4 cm³/mol. The van der Waals surface area contributed by atoms with E-state index in [4.69, 9.17) is 0 Å². The third-order valence-corrected chi connectivity index (χ3v) is 2.29. The van der Waals surface area contributed by atoms with Gasteiger partial charge in [-0.25, -0.2) is 0 Å². The first-order valence-electron chi connectivity index (χ1n) is 5.32. The summed E-state index contributed by atoms with van der Waals surface area (Å²) in [5, 5.41) is 15.3. The summed E-state index contributed by atoms with van der Waals surface area (Å²) in [5.41, 5.74) is 0.320. The molecule has 6 heteroatoms. The van der Waals surface area contributed by atoms with Gasteiger partial charge in [0.25, 0.3) is 5.91 Å². The quantitative estimate of drug-likeness (QED) is 0.675. The molecule has 2 N–H and O–H groups in total. The molecule has 0 fully saturated rings. The van der Waals surface area contributed by atoms with Crippen molar-refractivity contribution >= 4 is 17.8 Å². The van der Waals surface area contributed by atoms with Gasteiger partial charge in [-0.05, 0) is 12.1 Å². The second-order valence-electron chi connectivity index (χ2n) is 3.59. The van der Waals surface area contributed by atoms with E-state index in [9.17, 15) is 19.5 Å². The van der Waals surface area contributed by atoms with Crippen molar-refractivity contribution in [3.8, 4) is 0 Å². The maximum Gasteiger partial charge on any atom is 0.251 e. The van der Waals surface area contributed by atoms with Crippen molar-refractivity contribution in [1.82, 2.24) is 10.6 Å². The Morgan fingerprint density at radius 1 is 1.22 bits per heavy atom. The number of hydrogen-bond donors (Lipinski definition) is 2. The maximum atomic E-state index is 11.7. The topological polar surface area (TPSA) is 98.3 Å². The highest BCUT2D eigenvalue weighted by Gasteiger charge is 2.17. The Bertz CT molecular complexity index is 445. The highest BCUT2D eigenvalue weighted by atomic mass is 16.4. The second kappa shape index (κ2) is 6.39. The van der Waals surface area contributed by atoms with Gasteiger partial charge >= 0.3 is 0 Å². The average Bonchev–Trinajstić information content (AvgIpc) is 2.38. The van der Waals surface area contributed by atoms with E-state index in [1.807, 2.05) is 0 Å². The zero-order valence-electron chi connectivity index (χ0n) is 9.80. The zero-order chi connectivity index (χ0) is 13.5. The summed E-state index contributed by atoms with van der Waals surface area (Å²) >= 11 is 0. The molecule has 0 aliphatic carbocycles. The van der Waals surface area contributed by atoms with Crippen LogP contribution in [-0.4, -0.2) is 30.9 Å². The summed E-state index contributed by atoms with van der Waals surface area (Å²) in [6.45, 7) is 0. The normalized spacial score (nSPS) is 11.4. The summed E-state index contributed by atoms with van der Waals surface area (Å²) in [7, 11) is 1.38. The molecule has 0 spiro atoms. The number of carbonyl (C=O) groups is 3. The largest absolute Gasteiger partial charge is 0.548 e. The molecule has 0 saturated heterocycles. The molecule has 1 atom stereocenters. The van der Waals surface area contributed by atoms with Crippen molar-refractivity contribution in [3.63, 3.8) is 0 Å². The number of nitrogens with one attached hydrogen (secondary N) is 2. The highest BCUT2D eigenvalue weighted by molar-refractivity contribution is 5.97. The minimum atomic E-state index is -1.50. The first-order valence-corrected chi connectivity index (χ1v) is 5.32. The number of carboxylic acid groups (broad SMARTS) is 1. The Labute approximate surface area is 104 Å². The number of amides is 2. The molecule has 1 rings (SSSR count). The summed E-state index contributed by atoms with van der Waals surface area (Å²) in [4.78, 5) is 33.6. The standard InChI is InChI=1S/C12H14N2O4/c1-13-10(15)7-9(12(17)18)14-11(16)8-5-3-2-4-6-8/h2-6,9H,7H2,1H3,(H,13,15)(H,14,16)(H,17,18)/p-1/t9-/m1/s1. The number of rotatable bonds is 5. The van der Waals surface area contributed by atoms with Gasteiger partial charge in [-0.15, -0.1) is 0 Å². The van der Waals surface area contributed by atoms with Crippen LogP contribution in [0.4, 0.5) is 0 Å². The number of benzene rings is 1. The molecular formula is C12H13N2O4-. The van der Waals surface area contributed by atoms with E-state index in [1.54, 1.807) is 30.3 Å². The molecule has 18 heavy (non-hydrogen) atoms. The monoisotopic (exact) mass is 249 g/mol. The van der Waals surface area contributed by atoms with E-state index >= 15 is 0 Å². The summed E-state index contributed by atoms with van der Waals surface area (Å²) in [6.07, 6.45) is -0.364. The lowest BCUT2D eigenvalue weighted by molar-refractivity contribution is -0.308. The molecule has 1 aromatic rings. The lowest BCUT2D eigenvalue weighted by atomic mass is 10.1. The third kappa shape index (κ3) is 3.89.